The first-order valence-corrected chi connectivity index (χ1v) is 35.3. The van der Waals surface area contributed by atoms with Crippen molar-refractivity contribution in [3.63, 3.8) is 0 Å². The highest BCUT2D eigenvalue weighted by molar-refractivity contribution is 5.76. The molecule has 0 aromatic rings. The zero-order valence-electron chi connectivity index (χ0n) is 54.7. The highest BCUT2D eigenvalue weighted by Gasteiger charge is 2.40. The molecular formula is C70H134N2O9. The molecule has 0 saturated carbocycles. The molecule has 0 radical (unpaired) electrons. The quantitative estimate of drug-likeness (QED) is 0.0250. The van der Waals surface area contributed by atoms with Gasteiger partial charge in [0.05, 0.1) is 25.7 Å². The van der Waals surface area contributed by atoms with E-state index >= 15 is 0 Å². The second-order valence-corrected chi connectivity index (χ2v) is 25.1. The van der Waals surface area contributed by atoms with Crippen LogP contribution in [0.5, 0.6) is 0 Å². The molecule has 1 aliphatic rings. The summed E-state index contributed by atoms with van der Waals surface area (Å²) in [5, 5.41) is 0. The first-order valence-electron chi connectivity index (χ1n) is 35.3. The Bertz CT molecular complexity index is 1410. The number of ether oxygens (including phenoxy) is 5. The molecule has 1 unspecified atom stereocenters. The largest absolute Gasteiger partial charge is 0.466 e. The van der Waals surface area contributed by atoms with Gasteiger partial charge in [-0.3, -0.25) is 24.1 Å². The summed E-state index contributed by atoms with van der Waals surface area (Å²) < 4.78 is 31.3. The van der Waals surface area contributed by atoms with Crippen LogP contribution in [0.15, 0.2) is 0 Å². The Labute approximate surface area is 501 Å². The average molecular weight is 1150 g/mol. The van der Waals surface area contributed by atoms with Crippen LogP contribution in [0.3, 0.4) is 0 Å². The summed E-state index contributed by atoms with van der Waals surface area (Å²) in [6.45, 7) is 14.0. The lowest BCUT2D eigenvalue weighted by Crippen LogP contribution is -2.42. The predicted molar refractivity (Wildman–Crippen MR) is 339 cm³/mol. The Morgan fingerprint density at radius 2 is 0.840 bits per heavy atom. The minimum absolute atomic E-state index is 0.0946. The highest BCUT2D eigenvalue weighted by atomic mass is 16.7. The molecule has 478 valence electrons. The monoisotopic (exact) mass is 1150 g/mol. The van der Waals surface area contributed by atoms with E-state index in [1.165, 1.54) is 173 Å². The molecule has 0 amide bonds. The molecule has 1 saturated heterocycles. The molecular weight excluding hydrogens is 1010 g/mol. The van der Waals surface area contributed by atoms with Crippen molar-refractivity contribution in [1.82, 2.24) is 9.80 Å². The molecule has 11 heteroatoms. The van der Waals surface area contributed by atoms with E-state index in [4.69, 9.17) is 23.7 Å². The van der Waals surface area contributed by atoms with Gasteiger partial charge in [0.15, 0.2) is 0 Å². The van der Waals surface area contributed by atoms with Gasteiger partial charge < -0.3 is 28.6 Å². The third-order valence-corrected chi connectivity index (χ3v) is 16.8. The van der Waals surface area contributed by atoms with Gasteiger partial charge in [-0.1, -0.05) is 259 Å². The van der Waals surface area contributed by atoms with Gasteiger partial charge in [0, 0.05) is 45.2 Å². The lowest BCUT2D eigenvalue weighted by atomic mass is 9.97. The van der Waals surface area contributed by atoms with Crippen LogP contribution in [0.25, 0.3) is 0 Å². The van der Waals surface area contributed by atoms with E-state index in [0.29, 0.717) is 58.5 Å². The van der Waals surface area contributed by atoms with Gasteiger partial charge in [-0.15, -0.1) is 0 Å². The molecule has 0 N–H and O–H groups in total. The Balaban J connectivity index is 2.78. The van der Waals surface area contributed by atoms with Gasteiger partial charge in [-0.2, -0.15) is 0 Å². The van der Waals surface area contributed by atoms with Crippen LogP contribution in [0.2, 0.25) is 0 Å². The Morgan fingerprint density at radius 1 is 0.444 bits per heavy atom. The highest BCUT2D eigenvalue weighted by Crippen LogP contribution is 2.34. The maximum absolute atomic E-state index is 14.0. The van der Waals surface area contributed by atoms with Gasteiger partial charge in [0.1, 0.15) is 12.1 Å². The molecule has 0 aromatic heterocycles. The second-order valence-electron chi connectivity index (χ2n) is 25.1. The van der Waals surface area contributed by atoms with Crippen molar-refractivity contribution in [2.45, 2.75) is 380 Å². The van der Waals surface area contributed by atoms with E-state index in [-0.39, 0.29) is 36.1 Å². The van der Waals surface area contributed by atoms with E-state index in [0.717, 1.165) is 122 Å². The number of carbonyl (C=O) groups is 4. The fraction of sp³-hybridized carbons (Fsp3) is 0.943. The van der Waals surface area contributed by atoms with Crippen LogP contribution in [0.1, 0.15) is 356 Å². The van der Waals surface area contributed by atoms with Crippen LogP contribution < -0.4 is 0 Å². The fourth-order valence-corrected chi connectivity index (χ4v) is 11.6. The summed E-state index contributed by atoms with van der Waals surface area (Å²) in [5.74, 6) is -1.54. The summed E-state index contributed by atoms with van der Waals surface area (Å²) in [5.41, 5.74) is 0. The topological polar surface area (TPSA) is 121 Å². The molecule has 0 bridgehead atoms. The number of unbranched alkanes of at least 4 members (excludes halogenated alkanes) is 35. The molecule has 1 heterocycles. The number of hydrogen-bond donors (Lipinski definition) is 0. The molecule has 0 aliphatic carbocycles. The SMILES string of the molecule is CCCCCCCCCCCOC(=O)CCCCCN1CC(OC(=O)CCN(C)C)C[C@H]1C(=O)OCCCCCCCCC(=O)OC(CCCCCCCC)(CCCCCCCC)OC(CCCCCCCC)CCCCCCCC. The Kier molecular flexibility index (Phi) is 52.7. The van der Waals surface area contributed by atoms with E-state index in [9.17, 15) is 19.2 Å². The molecule has 1 aliphatic heterocycles. The maximum Gasteiger partial charge on any atom is 0.323 e. The predicted octanol–water partition coefficient (Wildman–Crippen LogP) is 19.5. The van der Waals surface area contributed by atoms with Crippen LogP contribution in [-0.4, -0.2) is 105 Å². The lowest BCUT2D eigenvalue weighted by Gasteiger charge is -2.37. The normalized spacial score (nSPS) is 14.8. The minimum Gasteiger partial charge on any atom is -0.466 e. The van der Waals surface area contributed by atoms with Gasteiger partial charge in [0.2, 0.25) is 5.79 Å². The van der Waals surface area contributed by atoms with Crippen molar-refractivity contribution >= 4 is 23.9 Å². The van der Waals surface area contributed by atoms with Gasteiger partial charge >= 0.3 is 23.9 Å². The molecule has 0 spiro atoms. The molecule has 0 aromatic carbocycles. The van der Waals surface area contributed by atoms with E-state index in [1.54, 1.807) is 0 Å². The van der Waals surface area contributed by atoms with Crippen LogP contribution in [0, 0.1) is 0 Å². The average Bonchev–Trinajstić information content (AvgIpc) is 3.87. The number of esters is 4. The number of likely N-dealkylation sites (tertiary alicyclic amines) is 1. The van der Waals surface area contributed by atoms with Gasteiger partial charge in [-0.05, 0) is 78.4 Å². The molecule has 2 atom stereocenters. The standard InChI is InChI=1S/C70H134N2O9/c1-8-13-18-23-28-29-31-38-48-59-77-66(73)52-44-40-47-57-72-62-64(79-67(74)54-58-71(6)7)61-65(72)69(76)78-60-49-39-32-30-35-43-53-68(75)81-70(55-45-36-26-21-16-11-4,56-46-37-27-22-17-12-5)80-63(50-41-33-24-19-14-9-2)51-42-34-25-20-15-10-3/h63-65H,8-62H2,1-7H3/t64?,65-/m0/s1. The van der Waals surface area contributed by atoms with Crippen molar-refractivity contribution < 1.29 is 42.9 Å². The third-order valence-electron chi connectivity index (χ3n) is 16.8. The Hall–Kier alpha value is -2.24. The fourth-order valence-electron chi connectivity index (χ4n) is 11.6. The number of carbonyl (C=O) groups excluding carboxylic acids is 4. The Morgan fingerprint density at radius 3 is 1.31 bits per heavy atom. The van der Waals surface area contributed by atoms with Crippen molar-refractivity contribution in [3.05, 3.63) is 0 Å². The van der Waals surface area contributed by atoms with Crippen LogP contribution >= 0.6 is 0 Å². The van der Waals surface area contributed by atoms with Crippen molar-refractivity contribution in [2.75, 3.05) is 46.9 Å². The van der Waals surface area contributed by atoms with E-state index in [2.05, 4.69) is 39.5 Å². The number of nitrogens with zero attached hydrogens (tertiary/aromatic N) is 2. The first-order chi connectivity index (χ1) is 39.5. The van der Waals surface area contributed by atoms with E-state index < -0.39 is 11.8 Å². The van der Waals surface area contributed by atoms with Crippen molar-refractivity contribution in [3.8, 4) is 0 Å². The minimum atomic E-state index is -0.838. The van der Waals surface area contributed by atoms with Gasteiger partial charge in [0.25, 0.3) is 0 Å². The van der Waals surface area contributed by atoms with Gasteiger partial charge in [-0.25, -0.2) is 0 Å². The number of rotatable bonds is 61. The van der Waals surface area contributed by atoms with Crippen LogP contribution in [0.4, 0.5) is 0 Å². The second kappa shape index (κ2) is 55.6. The maximum atomic E-state index is 14.0. The summed E-state index contributed by atoms with van der Waals surface area (Å²) in [6, 6.07) is -0.454. The van der Waals surface area contributed by atoms with Crippen molar-refractivity contribution in [1.29, 1.82) is 0 Å². The third kappa shape index (κ3) is 45.8. The summed E-state index contributed by atoms with van der Waals surface area (Å²) in [4.78, 5) is 56.8. The van der Waals surface area contributed by atoms with E-state index in [1.807, 2.05) is 19.0 Å². The smallest absolute Gasteiger partial charge is 0.323 e. The zero-order chi connectivity index (χ0) is 59.1. The van der Waals surface area contributed by atoms with Crippen LogP contribution in [-0.2, 0) is 42.9 Å². The van der Waals surface area contributed by atoms with Crippen molar-refractivity contribution in [2.24, 2.45) is 0 Å². The number of hydrogen-bond acceptors (Lipinski definition) is 11. The first kappa shape index (κ1) is 76.8. The molecule has 1 rings (SSSR count). The summed E-state index contributed by atoms with van der Waals surface area (Å²) >= 11 is 0. The zero-order valence-corrected chi connectivity index (χ0v) is 54.7. The summed E-state index contributed by atoms with van der Waals surface area (Å²) in [7, 11) is 3.87. The lowest BCUT2D eigenvalue weighted by molar-refractivity contribution is -0.259. The molecule has 1 fully saturated rings. The molecule has 81 heavy (non-hydrogen) atoms. The molecule has 11 nitrogen and oxygen atoms in total. The summed E-state index contributed by atoms with van der Waals surface area (Å²) in [6.07, 6.45) is 53.9.